The molecule has 2 N–H and O–H groups in total. The van der Waals surface area contributed by atoms with Crippen LogP contribution in [0.4, 0.5) is 0 Å². The number of amides is 1. The minimum Gasteiger partial charge on any atom is -0.480 e. The van der Waals surface area contributed by atoms with E-state index < -0.39 is 12.0 Å². The van der Waals surface area contributed by atoms with E-state index in [0.29, 0.717) is 19.0 Å². The first-order chi connectivity index (χ1) is 6.84. The molecule has 1 atom stereocenters. The second kappa shape index (κ2) is 6.40. The monoisotopic (exact) mass is 216 g/mol. The minimum absolute atomic E-state index is 0.225. The number of nitrogens with one attached hydrogen (secondary N) is 1. The van der Waals surface area contributed by atoms with Crippen LogP contribution in [0.15, 0.2) is 0 Å². The Labute approximate surface area is 90.5 Å². The van der Waals surface area contributed by atoms with Crippen molar-refractivity contribution in [2.45, 2.75) is 39.3 Å². The van der Waals surface area contributed by atoms with Gasteiger partial charge in [0, 0.05) is 19.0 Å². The van der Waals surface area contributed by atoms with Crippen molar-refractivity contribution in [3.63, 3.8) is 0 Å². The van der Waals surface area contributed by atoms with Crippen molar-refractivity contribution in [2.75, 3.05) is 13.6 Å². The van der Waals surface area contributed by atoms with Crippen LogP contribution in [0, 0.1) is 0 Å². The van der Waals surface area contributed by atoms with Gasteiger partial charge < -0.3 is 15.3 Å². The summed E-state index contributed by atoms with van der Waals surface area (Å²) in [4.78, 5) is 23.8. The summed E-state index contributed by atoms with van der Waals surface area (Å²) in [6.07, 6.45) is 0.326. The first-order valence-corrected chi connectivity index (χ1v) is 5.07. The summed E-state index contributed by atoms with van der Waals surface area (Å²) < 4.78 is 0. The Hall–Kier alpha value is -1.10. The quantitative estimate of drug-likeness (QED) is 0.670. The highest BCUT2D eigenvalue weighted by Crippen LogP contribution is 1.95. The van der Waals surface area contributed by atoms with E-state index in [1.165, 1.54) is 6.92 Å². The molecular weight excluding hydrogens is 196 g/mol. The van der Waals surface area contributed by atoms with Gasteiger partial charge in [0.25, 0.3) is 0 Å². The van der Waals surface area contributed by atoms with Gasteiger partial charge in [-0.3, -0.25) is 9.59 Å². The van der Waals surface area contributed by atoms with E-state index in [9.17, 15) is 9.59 Å². The van der Waals surface area contributed by atoms with Crippen molar-refractivity contribution in [3.8, 4) is 0 Å². The lowest BCUT2D eigenvalue weighted by Crippen LogP contribution is -2.40. The highest BCUT2D eigenvalue weighted by molar-refractivity contribution is 5.83. The molecule has 0 aromatic carbocycles. The lowest BCUT2D eigenvalue weighted by molar-refractivity contribution is -0.141. The second-order valence-corrected chi connectivity index (χ2v) is 3.95. The van der Waals surface area contributed by atoms with Crippen LogP contribution >= 0.6 is 0 Å². The highest BCUT2D eigenvalue weighted by Gasteiger charge is 2.14. The Morgan fingerprint density at radius 1 is 1.33 bits per heavy atom. The number of carbonyl (C=O) groups is 2. The molecule has 0 fully saturated rings. The molecular formula is C10H20N2O3. The zero-order valence-corrected chi connectivity index (χ0v) is 9.78. The number of hydrogen-bond acceptors (Lipinski definition) is 3. The zero-order valence-electron chi connectivity index (χ0n) is 9.78. The first-order valence-electron chi connectivity index (χ1n) is 5.07. The summed E-state index contributed by atoms with van der Waals surface area (Å²) in [5, 5.41) is 11.0. The molecule has 0 heterocycles. The summed E-state index contributed by atoms with van der Waals surface area (Å²) >= 11 is 0. The van der Waals surface area contributed by atoms with Crippen LogP contribution in [-0.2, 0) is 9.59 Å². The molecule has 0 unspecified atom stereocenters. The predicted molar refractivity (Wildman–Crippen MR) is 57.6 cm³/mol. The maximum Gasteiger partial charge on any atom is 0.325 e. The van der Waals surface area contributed by atoms with Crippen molar-refractivity contribution in [3.05, 3.63) is 0 Å². The van der Waals surface area contributed by atoms with Crippen molar-refractivity contribution in [1.82, 2.24) is 10.2 Å². The molecule has 0 aromatic heterocycles. The third-order valence-electron chi connectivity index (χ3n) is 2.32. The molecule has 0 aliphatic carbocycles. The topological polar surface area (TPSA) is 69.6 Å². The van der Waals surface area contributed by atoms with Crippen molar-refractivity contribution in [1.29, 1.82) is 0 Å². The zero-order chi connectivity index (χ0) is 12.0. The van der Waals surface area contributed by atoms with Crippen molar-refractivity contribution >= 4 is 11.9 Å². The average molecular weight is 216 g/mol. The van der Waals surface area contributed by atoms with E-state index in [-0.39, 0.29) is 5.91 Å². The third-order valence-corrected chi connectivity index (χ3v) is 2.32. The Balaban J connectivity index is 3.80. The fourth-order valence-corrected chi connectivity index (χ4v) is 0.911. The number of carboxylic acids is 1. The second-order valence-electron chi connectivity index (χ2n) is 3.95. The Kier molecular flexibility index (Phi) is 5.93. The standard InChI is InChI=1S/C10H20N2O3/c1-7(2)12(4)6-5-9(13)11-8(3)10(14)15/h7-8H,5-6H2,1-4H3,(H,11,13)(H,14,15)/t8-/m0/s1. The summed E-state index contributed by atoms with van der Waals surface area (Å²) in [5.41, 5.74) is 0. The fourth-order valence-electron chi connectivity index (χ4n) is 0.911. The molecule has 15 heavy (non-hydrogen) atoms. The van der Waals surface area contributed by atoms with Crippen molar-refractivity contribution in [2.24, 2.45) is 0 Å². The van der Waals surface area contributed by atoms with Gasteiger partial charge in [-0.15, -0.1) is 0 Å². The van der Waals surface area contributed by atoms with Crippen LogP contribution in [0.25, 0.3) is 0 Å². The van der Waals surface area contributed by atoms with Gasteiger partial charge in [0.15, 0.2) is 0 Å². The summed E-state index contributed by atoms with van der Waals surface area (Å²) in [6, 6.07) is -0.434. The van der Waals surface area contributed by atoms with Gasteiger partial charge >= 0.3 is 5.97 Å². The molecule has 0 bridgehead atoms. The average Bonchev–Trinajstić information content (AvgIpc) is 2.13. The minimum atomic E-state index is -1.01. The number of aliphatic carboxylic acids is 1. The van der Waals surface area contributed by atoms with Gasteiger partial charge in [0.2, 0.25) is 5.91 Å². The van der Waals surface area contributed by atoms with E-state index >= 15 is 0 Å². The number of carbonyl (C=O) groups excluding carboxylic acids is 1. The molecule has 0 aromatic rings. The van der Waals surface area contributed by atoms with E-state index in [1.807, 2.05) is 25.8 Å². The molecule has 5 nitrogen and oxygen atoms in total. The van der Waals surface area contributed by atoms with Gasteiger partial charge in [0.05, 0.1) is 0 Å². The molecule has 0 rings (SSSR count). The van der Waals surface area contributed by atoms with E-state index in [0.717, 1.165) is 0 Å². The molecule has 0 radical (unpaired) electrons. The highest BCUT2D eigenvalue weighted by atomic mass is 16.4. The van der Waals surface area contributed by atoms with Crippen LogP contribution < -0.4 is 5.32 Å². The Morgan fingerprint density at radius 3 is 2.27 bits per heavy atom. The van der Waals surface area contributed by atoms with Crippen molar-refractivity contribution < 1.29 is 14.7 Å². The molecule has 88 valence electrons. The number of nitrogens with zero attached hydrogens (tertiary/aromatic N) is 1. The number of rotatable bonds is 6. The Bertz CT molecular complexity index is 229. The SMILES string of the molecule is CC(C)N(C)CCC(=O)N[C@@H](C)C(=O)O. The van der Waals surface area contributed by atoms with Gasteiger partial charge in [-0.25, -0.2) is 0 Å². The van der Waals surface area contributed by atoms with E-state index in [4.69, 9.17) is 5.11 Å². The summed E-state index contributed by atoms with van der Waals surface area (Å²) in [6.45, 7) is 6.16. The molecule has 0 saturated carbocycles. The number of carboxylic acid groups (broad SMARTS) is 1. The predicted octanol–water partition coefficient (Wildman–Crippen LogP) is 0.306. The summed E-state index contributed by atoms with van der Waals surface area (Å²) in [5.74, 6) is -1.24. The smallest absolute Gasteiger partial charge is 0.325 e. The molecule has 0 aliphatic heterocycles. The lowest BCUT2D eigenvalue weighted by Gasteiger charge is -2.20. The van der Waals surface area contributed by atoms with Gasteiger partial charge in [0.1, 0.15) is 6.04 Å². The molecule has 0 aliphatic rings. The Morgan fingerprint density at radius 2 is 1.87 bits per heavy atom. The van der Waals surface area contributed by atoms with E-state index in [2.05, 4.69) is 5.32 Å². The molecule has 1 amide bonds. The summed E-state index contributed by atoms with van der Waals surface area (Å²) in [7, 11) is 1.93. The number of hydrogen-bond donors (Lipinski definition) is 2. The third kappa shape index (κ3) is 6.06. The van der Waals surface area contributed by atoms with Gasteiger partial charge in [-0.05, 0) is 27.8 Å². The fraction of sp³-hybridized carbons (Fsp3) is 0.800. The molecule has 5 heteroatoms. The first kappa shape index (κ1) is 13.9. The normalized spacial score (nSPS) is 12.9. The van der Waals surface area contributed by atoms with E-state index in [1.54, 1.807) is 0 Å². The maximum absolute atomic E-state index is 11.3. The van der Waals surface area contributed by atoms with Crippen LogP contribution in [-0.4, -0.2) is 47.6 Å². The lowest BCUT2D eigenvalue weighted by atomic mass is 10.3. The maximum atomic E-state index is 11.3. The molecule has 0 spiro atoms. The van der Waals surface area contributed by atoms with Crippen LogP contribution in [0.1, 0.15) is 27.2 Å². The van der Waals surface area contributed by atoms with Crippen LogP contribution in [0.5, 0.6) is 0 Å². The largest absolute Gasteiger partial charge is 0.480 e. The van der Waals surface area contributed by atoms with Gasteiger partial charge in [-0.2, -0.15) is 0 Å². The van der Waals surface area contributed by atoms with Crippen LogP contribution in [0.3, 0.4) is 0 Å². The van der Waals surface area contributed by atoms with Gasteiger partial charge in [-0.1, -0.05) is 0 Å². The van der Waals surface area contributed by atoms with Crippen LogP contribution in [0.2, 0.25) is 0 Å². The molecule has 0 saturated heterocycles.